The molecule has 2 aliphatic heterocycles. The molecule has 2 aliphatic rings. The Morgan fingerprint density at radius 2 is 2.21 bits per heavy atom. The number of hydrogen-bond acceptors (Lipinski definition) is 4. The third-order valence-corrected chi connectivity index (χ3v) is 4.10. The molecule has 0 amide bonds. The fourth-order valence-electron chi connectivity index (χ4n) is 3.15. The lowest BCUT2D eigenvalue weighted by molar-refractivity contribution is -0.385. The molecule has 102 valence electrons. The van der Waals surface area contributed by atoms with Crippen LogP contribution in [0.4, 0.5) is 5.69 Å². The zero-order valence-electron chi connectivity index (χ0n) is 10.7. The molecule has 3 unspecified atom stereocenters. The second kappa shape index (κ2) is 5.27. The number of hydrogen-bond donors (Lipinski definition) is 1. The van der Waals surface area contributed by atoms with E-state index >= 15 is 0 Å². The van der Waals surface area contributed by atoms with E-state index in [-0.39, 0.29) is 10.6 Å². The maximum Gasteiger partial charge on any atom is 0.272 e. The average Bonchev–Trinajstić information content (AvgIpc) is 3.01. The van der Waals surface area contributed by atoms with E-state index in [1.54, 1.807) is 12.1 Å². The number of nitro benzene ring substituents is 1. The van der Waals surface area contributed by atoms with E-state index in [0.29, 0.717) is 24.7 Å². The lowest BCUT2D eigenvalue weighted by Gasteiger charge is -2.19. The summed E-state index contributed by atoms with van der Waals surface area (Å²) in [5.74, 6) is 0. The molecule has 3 atom stereocenters. The number of nitrogens with one attached hydrogen (secondary N) is 1. The summed E-state index contributed by atoms with van der Waals surface area (Å²) in [5.41, 5.74) is 1.01. The minimum Gasteiger partial charge on any atom is -0.373 e. The first-order chi connectivity index (χ1) is 9.24. The second-order valence-electron chi connectivity index (χ2n) is 5.31. The molecule has 2 fully saturated rings. The van der Waals surface area contributed by atoms with E-state index in [9.17, 15) is 10.1 Å². The van der Waals surface area contributed by atoms with Crippen molar-refractivity contribution in [3.8, 4) is 0 Å². The highest BCUT2D eigenvalue weighted by Gasteiger charge is 2.40. The lowest BCUT2D eigenvalue weighted by atomic mass is 9.95. The van der Waals surface area contributed by atoms with Gasteiger partial charge in [0.1, 0.15) is 0 Å². The van der Waals surface area contributed by atoms with Crippen molar-refractivity contribution in [1.82, 2.24) is 5.32 Å². The van der Waals surface area contributed by atoms with Gasteiger partial charge in [0.05, 0.1) is 17.1 Å². The van der Waals surface area contributed by atoms with Crippen molar-refractivity contribution < 1.29 is 9.66 Å². The standard InChI is InChI=1S/C14H18N2O3/c17-16(18)13-4-2-1-3-10(13)7-8-15-12-9-11-5-6-14(12)19-11/h1-4,11-12,14-15H,5-9H2. The predicted molar refractivity (Wildman–Crippen MR) is 71.1 cm³/mol. The first kappa shape index (κ1) is 12.6. The SMILES string of the molecule is O=[N+]([O-])c1ccccc1CCNC1CC2CCC1O2. The number of nitrogens with zero attached hydrogens (tertiary/aromatic N) is 1. The quantitative estimate of drug-likeness (QED) is 0.651. The van der Waals surface area contributed by atoms with Crippen molar-refractivity contribution in [1.29, 1.82) is 0 Å². The van der Waals surface area contributed by atoms with Gasteiger partial charge < -0.3 is 10.1 Å². The van der Waals surface area contributed by atoms with Gasteiger partial charge in [-0.1, -0.05) is 18.2 Å². The van der Waals surface area contributed by atoms with Crippen LogP contribution in [0.3, 0.4) is 0 Å². The summed E-state index contributed by atoms with van der Waals surface area (Å²) < 4.78 is 5.78. The van der Waals surface area contributed by atoms with Crippen LogP contribution >= 0.6 is 0 Å². The number of nitro groups is 1. The molecule has 5 nitrogen and oxygen atoms in total. The van der Waals surface area contributed by atoms with Crippen LogP contribution in [0.5, 0.6) is 0 Å². The van der Waals surface area contributed by atoms with E-state index in [1.165, 1.54) is 6.42 Å². The van der Waals surface area contributed by atoms with Crippen molar-refractivity contribution >= 4 is 5.69 Å². The van der Waals surface area contributed by atoms with Gasteiger partial charge in [-0.3, -0.25) is 10.1 Å². The molecule has 2 bridgehead atoms. The summed E-state index contributed by atoms with van der Waals surface area (Å²) in [6.45, 7) is 0.766. The van der Waals surface area contributed by atoms with Gasteiger partial charge in [-0.05, 0) is 32.2 Å². The van der Waals surface area contributed by atoms with Gasteiger partial charge in [-0.2, -0.15) is 0 Å². The van der Waals surface area contributed by atoms with Gasteiger partial charge in [0.15, 0.2) is 0 Å². The molecule has 19 heavy (non-hydrogen) atoms. The minimum absolute atomic E-state index is 0.216. The molecule has 0 aromatic heterocycles. The smallest absolute Gasteiger partial charge is 0.272 e. The molecule has 0 spiro atoms. The molecule has 1 aromatic rings. The Morgan fingerprint density at radius 3 is 2.89 bits per heavy atom. The Bertz CT molecular complexity index is 478. The second-order valence-corrected chi connectivity index (χ2v) is 5.31. The molecular weight excluding hydrogens is 244 g/mol. The number of rotatable bonds is 5. The van der Waals surface area contributed by atoms with E-state index in [4.69, 9.17) is 4.74 Å². The van der Waals surface area contributed by atoms with Crippen molar-refractivity contribution in [2.75, 3.05) is 6.54 Å². The normalized spacial score (nSPS) is 28.7. The zero-order valence-corrected chi connectivity index (χ0v) is 10.7. The lowest BCUT2D eigenvalue weighted by Crippen LogP contribution is -2.38. The van der Waals surface area contributed by atoms with Gasteiger partial charge in [-0.15, -0.1) is 0 Å². The van der Waals surface area contributed by atoms with Gasteiger partial charge in [0, 0.05) is 17.7 Å². The van der Waals surface area contributed by atoms with E-state index < -0.39 is 0 Å². The predicted octanol–water partition coefficient (Wildman–Crippen LogP) is 2.05. The van der Waals surface area contributed by atoms with Gasteiger partial charge >= 0.3 is 0 Å². The molecule has 0 aliphatic carbocycles. The van der Waals surface area contributed by atoms with Crippen molar-refractivity contribution in [3.63, 3.8) is 0 Å². The molecular formula is C14H18N2O3. The number of fused-ring (bicyclic) bond motifs is 2. The highest BCUT2D eigenvalue weighted by Crippen LogP contribution is 2.34. The number of ether oxygens (including phenoxy) is 1. The summed E-state index contributed by atoms with van der Waals surface area (Å²) in [7, 11) is 0. The van der Waals surface area contributed by atoms with Crippen LogP contribution in [-0.2, 0) is 11.2 Å². The maximum atomic E-state index is 10.9. The highest BCUT2D eigenvalue weighted by atomic mass is 16.6. The molecule has 2 saturated heterocycles. The maximum absolute atomic E-state index is 10.9. The van der Waals surface area contributed by atoms with Crippen molar-refractivity contribution in [2.45, 2.75) is 43.9 Å². The Morgan fingerprint density at radius 1 is 1.37 bits per heavy atom. The molecule has 1 aromatic carbocycles. The van der Waals surface area contributed by atoms with Crippen molar-refractivity contribution in [2.24, 2.45) is 0 Å². The third kappa shape index (κ3) is 2.62. The monoisotopic (exact) mass is 262 g/mol. The van der Waals surface area contributed by atoms with Crippen LogP contribution in [0.25, 0.3) is 0 Å². The molecule has 3 rings (SSSR count). The first-order valence-electron chi connectivity index (χ1n) is 6.85. The van der Waals surface area contributed by atoms with Crippen LogP contribution in [0.2, 0.25) is 0 Å². The largest absolute Gasteiger partial charge is 0.373 e. The van der Waals surface area contributed by atoms with Gasteiger partial charge in [-0.25, -0.2) is 0 Å². The zero-order chi connectivity index (χ0) is 13.2. The Kier molecular flexibility index (Phi) is 3.48. The molecule has 1 N–H and O–H groups in total. The summed E-state index contributed by atoms with van der Waals surface area (Å²) in [5, 5.41) is 14.4. The fraction of sp³-hybridized carbons (Fsp3) is 0.571. The van der Waals surface area contributed by atoms with E-state index in [0.717, 1.165) is 24.9 Å². The third-order valence-electron chi connectivity index (χ3n) is 4.10. The fourth-order valence-corrected chi connectivity index (χ4v) is 3.15. The summed E-state index contributed by atoms with van der Waals surface area (Å²) >= 11 is 0. The van der Waals surface area contributed by atoms with E-state index in [2.05, 4.69) is 5.32 Å². The van der Waals surface area contributed by atoms with Gasteiger partial charge in [0.25, 0.3) is 5.69 Å². The number of para-hydroxylation sites is 1. The Labute approximate surface area is 112 Å². The van der Waals surface area contributed by atoms with E-state index in [1.807, 2.05) is 12.1 Å². The molecule has 5 heteroatoms. The average molecular weight is 262 g/mol. The Hall–Kier alpha value is -1.46. The first-order valence-corrected chi connectivity index (χ1v) is 6.85. The molecule has 2 heterocycles. The highest BCUT2D eigenvalue weighted by molar-refractivity contribution is 5.39. The van der Waals surface area contributed by atoms with Crippen LogP contribution in [0.1, 0.15) is 24.8 Å². The summed E-state index contributed by atoms with van der Waals surface area (Å²) in [6, 6.07) is 7.39. The topological polar surface area (TPSA) is 64.4 Å². The number of benzene rings is 1. The summed E-state index contributed by atoms with van der Waals surface area (Å²) in [6.07, 6.45) is 4.90. The molecule has 0 radical (unpaired) electrons. The van der Waals surface area contributed by atoms with Crippen LogP contribution < -0.4 is 5.32 Å². The summed E-state index contributed by atoms with van der Waals surface area (Å²) in [4.78, 5) is 10.6. The van der Waals surface area contributed by atoms with Crippen LogP contribution in [0, 0.1) is 10.1 Å². The minimum atomic E-state index is -0.310. The van der Waals surface area contributed by atoms with Crippen LogP contribution in [0.15, 0.2) is 24.3 Å². The molecule has 0 saturated carbocycles. The van der Waals surface area contributed by atoms with Gasteiger partial charge in [0.2, 0.25) is 0 Å². The van der Waals surface area contributed by atoms with Crippen molar-refractivity contribution in [3.05, 3.63) is 39.9 Å². The van der Waals surface area contributed by atoms with Crippen LogP contribution in [-0.4, -0.2) is 29.7 Å². The Balaban J connectivity index is 1.54.